The number of anilines is 1. The van der Waals surface area contributed by atoms with Crippen LogP contribution in [-0.4, -0.2) is 64.0 Å². The number of fused-ring (bicyclic) bond motifs is 1. The number of aryl methyl sites for hydroxylation is 2. The predicted octanol–water partition coefficient (Wildman–Crippen LogP) is 4.24. The lowest BCUT2D eigenvalue weighted by Gasteiger charge is -2.38. The summed E-state index contributed by atoms with van der Waals surface area (Å²) >= 11 is 3.57. The number of hydrogen-bond donors (Lipinski definition) is 0. The summed E-state index contributed by atoms with van der Waals surface area (Å²) in [6.45, 7) is 14.0. The zero-order valence-electron chi connectivity index (χ0n) is 18.1. The van der Waals surface area contributed by atoms with E-state index in [-0.39, 0.29) is 0 Å². The summed E-state index contributed by atoms with van der Waals surface area (Å²) in [6, 6.07) is 0.383. The third-order valence-electron chi connectivity index (χ3n) is 6.59. The zero-order chi connectivity index (χ0) is 20.7. The Morgan fingerprint density at radius 3 is 2.50 bits per heavy atom. The molecule has 30 heavy (non-hydrogen) atoms. The third kappa shape index (κ3) is 3.86. The summed E-state index contributed by atoms with van der Waals surface area (Å²) in [6.07, 6.45) is 4.51. The van der Waals surface area contributed by atoms with Crippen LogP contribution in [0.4, 0.5) is 5.82 Å². The van der Waals surface area contributed by atoms with Crippen LogP contribution in [0.5, 0.6) is 0 Å². The first kappa shape index (κ1) is 20.3. The van der Waals surface area contributed by atoms with Crippen LogP contribution in [0, 0.1) is 13.8 Å². The van der Waals surface area contributed by atoms with Crippen LogP contribution in [0.1, 0.15) is 47.1 Å². The Labute approximate surface area is 186 Å². The molecule has 2 saturated heterocycles. The number of thiazole rings is 1. The fourth-order valence-electron chi connectivity index (χ4n) is 4.63. The van der Waals surface area contributed by atoms with Gasteiger partial charge in [-0.25, -0.2) is 15.0 Å². The molecular formula is C22H30N6S2. The summed E-state index contributed by atoms with van der Waals surface area (Å²) < 4.78 is 0. The van der Waals surface area contributed by atoms with Crippen LogP contribution in [-0.2, 0) is 6.54 Å². The maximum atomic E-state index is 5.13. The predicted molar refractivity (Wildman–Crippen MR) is 126 cm³/mol. The fourth-order valence-corrected chi connectivity index (χ4v) is 6.40. The third-order valence-corrected chi connectivity index (χ3v) is 8.64. The van der Waals surface area contributed by atoms with E-state index < -0.39 is 0 Å². The monoisotopic (exact) mass is 442 g/mol. The lowest BCUT2D eigenvalue weighted by Crippen LogP contribution is -2.47. The van der Waals surface area contributed by atoms with Crippen molar-refractivity contribution >= 4 is 38.7 Å². The van der Waals surface area contributed by atoms with Crippen LogP contribution in [0.2, 0.25) is 0 Å². The van der Waals surface area contributed by atoms with E-state index in [4.69, 9.17) is 9.97 Å². The molecule has 0 saturated carbocycles. The molecule has 8 heteroatoms. The van der Waals surface area contributed by atoms with E-state index in [9.17, 15) is 0 Å². The van der Waals surface area contributed by atoms with Crippen molar-refractivity contribution in [2.75, 3.05) is 44.2 Å². The molecule has 0 aliphatic carbocycles. The SMILES string of the molecule is Cc1sc2nc(CN3CCCC3)nc(N3CCN(C(C)c4nccs4)CC3)c2c1C. The molecule has 0 N–H and O–H groups in total. The Kier molecular flexibility index (Phi) is 5.75. The number of aromatic nitrogens is 3. The van der Waals surface area contributed by atoms with Crippen molar-refractivity contribution < 1.29 is 0 Å². The Bertz CT molecular complexity index is 1000. The van der Waals surface area contributed by atoms with E-state index >= 15 is 0 Å². The molecule has 6 nitrogen and oxygen atoms in total. The molecule has 0 bridgehead atoms. The average Bonchev–Trinajstić information content (AvgIpc) is 3.51. The quantitative estimate of drug-likeness (QED) is 0.589. The second-order valence-electron chi connectivity index (χ2n) is 8.48. The van der Waals surface area contributed by atoms with Gasteiger partial charge in [-0.3, -0.25) is 9.80 Å². The summed E-state index contributed by atoms with van der Waals surface area (Å²) in [7, 11) is 0. The summed E-state index contributed by atoms with van der Waals surface area (Å²) in [5.74, 6) is 2.14. The summed E-state index contributed by atoms with van der Waals surface area (Å²) in [5, 5.41) is 4.55. The number of rotatable bonds is 5. The zero-order valence-corrected chi connectivity index (χ0v) is 19.7. The minimum Gasteiger partial charge on any atom is -0.353 e. The Morgan fingerprint density at radius 2 is 1.80 bits per heavy atom. The Morgan fingerprint density at radius 1 is 1.03 bits per heavy atom. The molecule has 0 spiro atoms. The highest BCUT2D eigenvalue weighted by atomic mass is 32.1. The van der Waals surface area contributed by atoms with Gasteiger partial charge < -0.3 is 4.90 Å². The van der Waals surface area contributed by atoms with Gasteiger partial charge in [0, 0.05) is 42.6 Å². The molecule has 5 rings (SSSR count). The van der Waals surface area contributed by atoms with Crippen molar-refractivity contribution in [3.05, 3.63) is 32.8 Å². The van der Waals surface area contributed by atoms with Gasteiger partial charge in [0.15, 0.2) is 0 Å². The van der Waals surface area contributed by atoms with Crippen LogP contribution in [0.15, 0.2) is 11.6 Å². The van der Waals surface area contributed by atoms with Crippen molar-refractivity contribution in [2.24, 2.45) is 0 Å². The number of likely N-dealkylation sites (tertiary alicyclic amines) is 1. The average molecular weight is 443 g/mol. The van der Waals surface area contributed by atoms with Gasteiger partial charge in [0.25, 0.3) is 0 Å². The van der Waals surface area contributed by atoms with E-state index in [0.29, 0.717) is 6.04 Å². The Hall–Kier alpha value is -1.61. The molecule has 3 aromatic heterocycles. The highest BCUT2D eigenvalue weighted by Gasteiger charge is 2.27. The summed E-state index contributed by atoms with van der Waals surface area (Å²) in [4.78, 5) is 24.7. The molecule has 2 aliphatic heterocycles. The van der Waals surface area contributed by atoms with Crippen LogP contribution >= 0.6 is 22.7 Å². The highest BCUT2D eigenvalue weighted by Crippen LogP contribution is 2.36. The molecule has 0 aromatic carbocycles. The Balaban J connectivity index is 1.40. The van der Waals surface area contributed by atoms with Crippen molar-refractivity contribution in [1.29, 1.82) is 0 Å². The molecule has 5 heterocycles. The van der Waals surface area contributed by atoms with E-state index in [1.807, 2.05) is 17.5 Å². The standard InChI is InChI=1S/C22H30N6S2/c1-15-17(3)30-22-19(15)20(24-18(25-22)14-26-7-4-5-8-26)28-11-9-27(10-12-28)16(2)21-23-6-13-29-21/h6,13,16H,4-5,7-12,14H2,1-3H3. The number of hydrogen-bond acceptors (Lipinski definition) is 8. The number of thiophene rings is 1. The fraction of sp³-hybridized carbons (Fsp3) is 0.591. The van der Waals surface area contributed by atoms with Crippen molar-refractivity contribution in [2.45, 2.75) is 46.2 Å². The van der Waals surface area contributed by atoms with Crippen molar-refractivity contribution in [3.8, 4) is 0 Å². The van der Waals surface area contributed by atoms with Crippen molar-refractivity contribution in [3.63, 3.8) is 0 Å². The first-order valence-corrected chi connectivity index (χ1v) is 12.7. The van der Waals surface area contributed by atoms with Crippen LogP contribution < -0.4 is 4.90 Å². The molecule has 0 amide bonds. The molecule has 3 aromatic rings. The van der Waals surface area contributed by atoms with Gasteiger partial charge in [0.2, 0.25) is 0 Å². The van der Waals surface area contributed by atoms with Crippen LogP contribution in [0.3, 0.4) is 0 Å². The smallest absolute Gasteiger partial charge is 0.146 e. The second kappa shape index (κ2) is 8.49. The minimum atomic E-state index is 0.383. The highest BCUT2D eigenvalue weighted by molar-refractivity contribution is 7.18. The van der Waals surface area contributed by atoms with Gasteiger partial charge in [-0.2, -0.15) is 0 Å². The van der Waals surface area contributed by atoms with E-state index in [2.05, 4.69) is 45.8 Å². The van der Waals surface area contributed by atoms with Crippen LogP contribution in [0.25, 0.3) is 10.2 Å². The molecular weight excluding hydrogens is 412 g/mol. The molecule has 0 radical (unpaired) electrons. The molecule has 160 valence electrons. The van der Waals surface area contributed by atoms with Gasteiger partial charge >= 0.3 is 0 Å². The second-order valence-corrected chi connectivity index (χ2v) is 10.6. The first-order chi connectivity index (χ1) is 14.6. The van der Waals surface area contributed by atoms with Gasteiger partial charge in [-0.15, -0.1) is 22.7 Å². The summed E-state index contributed by atoms with van der Waals surface area (Å²) in [5.41, 5.74) is 1.34. The van der Waals surface area contributed by atoms with Gasteiger partial charge in [0.1, 0.15) is 21.5 Å². The lowest BCUT2D eigenvalue weighted by molar-refractivity contribution is 0.198. The normalized spacial score (nSPS) is 19.8. The minimum absolute atomic E-state index is 0.383. The first-order valence-electron chi connectivity index (χ1n) is 11.0. The van der Waals surface area contributed by atoms with E-state index in [1.54, 1.807) is 11.3 Å². The number of nitrogens with zero attached hydrogens (tertiary/aromatic N) is 6. The topological polar surface area (TPSA) is 48.4 Å². The number of piperazine rings is 1. The molecule has 2 fully saturated rings. The molecule has 2 aliphatic rings. The largest absolute Gasteiger partial charge is 0.353 e. The maximum Gasteiger partial charge on any atom is 0.146 e. The molecule has 1 unspecified atom stereocenters. The van der Waals surface area contributed by atoms with Crippen molar-refractivity contribution in [1.82, 2.24) is 24.8 Å². The maximum absolute atomic E-state index is 5.13. The molecule has 1 atom stereocenters. The van der Waals surface area contributed by atoms with Gasteiger partial charge in [-0.1, -0.05) is 0 Å². The van der Waals surface area contributed by atoms with E-state index in [1.165, 1.54) is 46.8 Å². The van der Waals surface area contributed by atoms with E-state index in [0.717, 1.165) is 49.2 Å². The van der Waals surface area contributed by atoms with Gasteiger partial charge in [-0.05, 0) is 52.3 Å². The van der Waals surface area contributed by atoms with Gasteiger partial charge in [0.05, 0.1) is 18.0 Å². The lowest BCUT2D eigenvalue weighted by atomic mass is 10.1.